The van der Waals surface area contributed by atoms with Crippen molar-refractivity contribution in [1.82, 2.24) is 5.16 Å². The molecular formula is C19H15F4NO3S. The molecule has 0 saturated heterocycles. The second-order valence-corrected chi connectivity index (χ2v) is 8.43. The molecule has 0 amide bonds. The minimum atomic E-state index is -4.87. The van der Waals surface area contributed by atoms with Crippen molar-refractivity contribution >= 4 is 9.84 Å². The lowest BCUT2D eigenvalue weighted by Crippen LogP contribution is -2.06. The van der Waals surface area contributed by atoms with Gasteiger partial charge in [-0.2, -0.15) is 13.2 Å². The number of nitrogens with zero attached hydrogens (tertiary/aromatic N) is 1. The predicted octanol–water partition coefficient (Wildman–Crippen LogP) is 5.19. The fourth-order valence-corrected chi connectivity index (χ4v) is 3.52. The summed E-state index contributed by atoms with van der Waals surface area (Å²) in [7, 11) is -3.87. The number of halogens is 4. The molecule has 0 fully saturated rings. The maximum atomic E-state index is 14.3. The first kappa shape index (κ1) is 20.1. The molecule has 0 aliphatic carbocycles. The van der Waals surface area contributed by atoms with Crippen LogP contribution in [0.5, 0.6) is 0 Å². The van der Waals surface area contributed by atoms with Gasteiger partial charge < -0.3 is 4.52 Å². The molecule has 1 aromatic heterocycles. The molecule has 0 aliphatic rings. The van der Waals surface area contributed by atoms with Crippen LogP contribution in [0, 0.1) is 19.7 Å². The third-order valence-electron chi connectivity index (χ3n) is 4.35. The van der Waals surface area contributed by atoms with Crippen molar-refractivity contribution in [3.63, 3.8) is 0 Å². The van der Waals surface area contributed by atoms with E-state index in [2.05, 4.69) is 9.68 Å². The van der Waals surface area contributed by atoms with Crippen molar-refractivity contribution in [2.45, 2.75) is 24.9 Å². The third kappa shape index (κ3) is 3.66. The molecule has 4 nitrogen and oxygen atoms in total. The zero-order valence-corrected chi connectivity index (χ0v) is 15.9. The van der Waals surface area contributed by atoms with Crippen molar-refractivity contribution in [2.75, 3.05) is 6.26 Å². The van der Waals surface area contributed by atoms with E-state index in [1.807, 2.05) is 6.92 Å². The van der Waals surface area contributed by atoms with Crippen molar-refractivity contribution in [3.8, 4) is 22.4 Å². The molecule has 0 bridgehead atoms. The summed E-state index contributed by atoms with van der Waals surface area (Å²) in [6, 6.07) is 7.73. The van der Waals surface area contributed by atoms with Crippen molar-refractivity contribution in [3.05, 3.63) is 59.1 Å². The Morgan fingerprint density at radius 1 is 0.964 bits per heavy atom. The second-order valence-electron chi connectivity index (χ2n) is 6.45. The summed E-state index contributed by atoms with van der Waals surface area (Å²) < 4.78 is 82.4. The van der Waals surface area contributed by atoms with E-state index >= 15 is 0 Å². The highest BCUT2D eigenvalue weighted by atomic mass is 32.2. The van der Waals surface area contributed by atoms with Crippen LogP contribution in [-0.4, -0.2) is 19.8 Å². The van der Waals surface area contributed by atoms with Gasteiger partial charge in [0.15, 0.2) is 9.84 Å². The van der Waals surface area contributed by atoms with Gasteiger partial charge in [0.25, 0.3) is 0 Å². The average molecular weight is 413 g/mol. The van der Waals surface area contributed by atoms with Gasteiger partial charge in [0, 0.05) is 11.8 Å². The van der Waals surface area contributed by atoms with Crippen molar-refractivity contribution in [1.29, 1.82) is 0 Å². The highest BCUT2D eigenvalue weighted by Crippen LogP contribution is 2.43. The lowest BCUT2D eigenvalue weighted by Gasteiger charge is -2.10. The van der Waals surface area contributed by atoms with Crippen LogP contribution < -0.4 is 0 Å². The molecule has 148 valence electrons. The normalized spacial score (nSPS) is 12.4. The van der Waals surface area contributed by atoms with E-state index in [0.717, 1.165) is 35.6 Å². The zero-order chi connectivity index (χ0) is 20.9. The van der Waals surface area contributed by atoms with E-state index < -0.39 is 38.0 Å². The summed E-state index contributed by atoms with van der Waals surface area (Å²) in [5, 5.41) is 3.57. The summed E-state index contributed by atoms with van der Waals surface area (Å²) in [4.78, 5) is -0.603. The lowest BCUT2D eigenvalue weighted by atomic mass is 9.96. The van der Waals surface area contributed by atoms with Crippen molar-refractivity contribution in [2.24, 2.45) is 0 Å². The monoisotopic (exact) mass is 413 g/mol. The van der Waals surface area contributed by atoms with Crippen LogP contribution in [-0.2, 0) is 16.0 Å². The molecule has 0 aliphatic heterocycles. The SMILES string of the molecule is Cc1ccc(-c2noc(C(F)(F)F)c2-c2ccc(S(C)(=O)=O)c(F)c2)cc1C. The molecule has 0 spiro atoms. The number of hydrogen-bond acceptors (Lipinski definition) is 4. The van der Waals surface area contributed by atoms with Gasteiger partial charge in [-0.15, -0.1) is 0 Å². The number of sulfone groups is 1. The fraction of sp³-hybridized carbons (Fsp3) is 0.211. The molecule has 0 saturated carbocycles. The van der Waals surface area contributed by atoms with Gasteiger partial charge in [0.1, 0.15) is 16.4 Å². The highest BCUT2D eigenvalue weighted by molar-refractivity contribution is 7.90. The van der Waals surface area contributed by atoms with E-state index in [0.29, 0.717) is 5.56 Å². The predicted molar refractivity (Wildman–Crippen MR) is 94.9 cm³/mol. The zero-order valence-electron chi connectivity index (χ0n) is 15.1. The molecule has 3 rings (SSSR count). The van der Waals surface area contributed by atoms with Crippen molar-refractivity contribution < 1.29 is 30.5 Å². The van der Waals surface area contributed by atoms with Crippen LogP contribution >= 0.6 is 0 Å². The Hall–Kier alpha value is -2.68. The molecule has 2 aromatic carbocycles. The quantitative estimate of drug-likeness (QED) is 0.555. The van der Waals surface area contributed by atoms with E-state index in [4.69, 9.17) is 0 Å². The summed E-state index contributed by atoms with van der Waals surface area (Å²) in [5.74, 6) is -2.53. The minimum Gasteiger partial charge on any atom is -0.350 e. The Labute approximate surface area is 158 Å². The van der Waals surface area contributed by atoms with Gasteiger partial charge in [-0.25, -0.2) is 12.8 Å². The van der Waals surface area contributed by atoms with Gasteiger partial charge >= 0.3 is 6.18 Å². The van der Waals surface area contributed by atoms with E-state index in [9.17, 15) is 26.0 Å². The van der Waals surface area contributed by atoms with Gasteiger partial charge in [0.05, 0.1) is 5.56 Å². The maximum absolute atomic E-state index is 14.3. The number of aryl methyl sites for hydroxylation is 2. The Kier molecular flexibility index (Phi) is 4.82. The smallest absolute Gasteiger partial charge is 0.350 e. The van der Waals surface area contributed by atoms with Gasteiger partial charge in [-0.3, -0.25) is 0 Å². The summed E-state index contributed by atoms with van der Waals surface area (Å²) >= 11 is 0. The minimum absolute atomic E-state index is 0.109. The summed E-state index contributed by atoms with van der Waals surface area (Å²) in [6.07, 6.45) is -4.06. The number of aromatic nitrogens is 1. The van der Waals surface area contributed by atoms with E-state index in [-0.39, 0.29) is 11.3 Å². The molecule has 1 heterocycles. The Morgan fingerprint density at radius 2 is 1.61 bits per heavy atom. The van der Waals surface area contributed by atoms with Gasteiger partial charge in [0.2, 0.25) is 5.76 Å². The van der Waals surface area contributed by atoms with E-state index in [1.165, 1.54) is 0 Å². The fourth-order valence-electron chi connectivity index (χ4n) is 2.79. The first-order valence-electron chi connectivity index (χ1n) is 8.04. The molecule has 3 aromatic rings. The summed E-state index contributed by atoms with van der Waals surface area (Å²) in [6.45, 7) is 3.65. The standard InChI is InChI=1S/C19H15F4NO3S/c1-10-4-5-13(8-11(10)2)17-16(18(27-24-17)19(21,22)23)12-6-7-15(14(20)9-12)28(3,25)26/h4-9H,1-3H3. The molecule has 0 radical (unpaired) electrons. The third-order valence-corrected chi connectivity index (χ3v) is 5.48. The first-order chi connectivity index (χ1) is 12.9. The van der Waals surface area contributed by atoms with Crippen LogP contribution in [0.15, 0.2) is 45.8 Å². The van der Waals surface area contributed by atoms with Gasteiger partial charge in [-0.05, 0) is 48.7 Å². The highest BCUT2D eigenvalue weighted by Gasteiger charge is 2.41. The molecule has 28 heavy (non-hydrogen) atoms. The number of benzene rings is 2. The summed E-state index contributed by atoms with van der Waals surface area (Å²) in [5.41, 5.74) is 1.39. The molecule has 0 unspecified atom stereocenters. The van der Waals surface area contributed by atoms with Crippen LogP contribution in [0.2, 0.25) is 0 Å². The van der Waals surface area contributed by atoms with Crippen LogP contribution in [0.4, 0.5) is 17.6 Å². The van der Waals surface area contributed by atoms with Gasteiger partial charge in [-0.1, -0.05) is 23.4 Å². The van der Waals surface area contributed by atoms with E-state index in [1.54, 1.807) is 25.1 Å². The molecule has 0 N–H and O–H groups in total. The molecular weight excluding hydrogens is 398 g/mol. The Bertz CT molecular complexity index is 1160. The Morgan fingerprint density at radius 3 is 2.14 bits per heavy atom. The Balaban J connectivity index is 2.28. The first-order valence-corrected chi connectivity index (χ1v) is 9.93. The largest absolute Gasteiger partial charge is 0.453 e. The topological polar surface area (TPSA) is 60.2 Å². The van der Waals surface area contributed by atoms with Crippen LogP contribution in [0.3, 0.4) is 0 Å². The molecule has 0 atom stereocenters. The lowest BCUT2D eigenvalue weighted by molar-refractivity contribution is -0.154. The van der Waals surface area contributed by atoms with Crippen LogP contribution in [0.25, 0.3) is 22.4 Å². The molecule has 9 heteroatoms. The number of hydrogen-bond donors (Lipinski definition) is 0. The van der Waals surface area contributed by atoms with Crippen LogP contribution in [0.1, 0.15) is 16.9 Å². The second kappa shape index (κ2) is 6.73. The maximum Gasteiger partial charge on any atom is 0.453 e. The number of rotatable bonds is 3. The average Bonchev–Trinajstić information content (AvgIpc) is 3.01. The number of alkyl halides is 3.